The Balaban J connectivity index is 2.59. The van der Waals surface area contributed by atoms with E-state index in [2.05, 4.69) is 10.4 Å². The smallest absolute Gasteiger partial charge is 0.403 e. The van der Waals surface area contributed by atoms with E-state index in [4.69, 9.17) is 5.11 Å². The van der Waals surface area contributed by atoms with Gasteiger partial charge >= 0.3 is 12.1 Å². The average molecular weight is 279 g/mol. The number of halogens is 3. The first-order valence-electron chi connectivity index (χ1n) is 5.77. The number of aromatic nitrogens is 2. The van der Waals surface area contributed by atoms with Crippen LogP contribution in [0.4, 0.5) is 13.2 Å². The van der Waals surface area contributed by atoms with E-state index in [1.807, 2.05) is 6.92 Å². The average Bonchev–Trinajstić information content (AvgIpc) is 2.62. The molecule has 0 bridgehead atoms. The second kappa shape index (κ2) is 6.05. The first-order chi connectivity index (χ1) is 8.75. The Bertz CT molecular complexity index is 443. The number of hydrogen-bond acceptors (Lipinski definition) is 3. The van der Waals surface area contributed by atoms with E-state index in [1.54, 1.807) is 17.9 Å². The number of carbonyl (C=O) groups is 1. The monoisotopic (exact) mass is 279 g/mol. The third kappa shape index (κ3) is 4.23. The van der Waals surface area contributed by atoms with E-state index < -0.39 is 24.6 Å². The Morgan fingerprint density at radius 3 is 2.68 bits per heavy atom. The van der Waals surface area contributed by atoms with Crippen molar-refractivity contribution in [2.45, 2.75) is 26.1 Å². The fourth-order valence-corrected chi connectivity index (χ4v) is 1.72. The molecule has 1 rings (SSSR count). The third-order valence-corrected chi connectivity index (χ3v) is 2.68. The molecule has 0 aliphatic carbocycles. The SMILES string of the molecule is CCc1nn(C)cc1CNCC(C(=O)O)C(F)(F)F. The first-order valence-corrected chi connectivity index (χ1v) is 5.77. The van der Waals surface area contributed by atoms with Crippen LogP contribution in [0.1, 0.15) is 18.2 Å². The molecule has 5 nitrogen and oxygen atoms in total. The normalized spacial score (nSPS) is 13.5. The van der Waals surface area contributed by atoms with E-state index in [0.717, 1.165) is 11.3 Å². The summed E-state index contributed by atoms with van der Waals surface area (Å²) in [6.45, 7) is 1.40. The summed E-state index contributed by atoms with van der Waals surface area (Å²) in [4.78, 5) is 10.5. The quantitative estimate of drug-likeness (QED) is 0.824. The molecule has 1 heterocycles. The lowest BCUT2D eigenvalue weighted by Crippen LogP contribution is -2.38. The molecule has 2 N–H and O–H groups in total. The molecular weight excluding hydrogens is 263 g/mol. The molecule has 1 atom stereocenters. The molecule has 0 saturated heterocycles. The number of alkyl halides is 3. The van der Waals surface area contributed by atoms with Gasteiger partial charge in [-0.2, -0.15) is 18.3 Å². The van der Waals surface area contributed by atoms with Crippen LogP contribution in [0.3, 0.4) is 0 Å². The number of hydrogen-bond donors (Lipinski definition) is 2. The van der Waals surface area contributed by atoms with Gasteiger partial charge in [0.2, 0.25) is 0 Å². The minimum atomic E-state index is -4.75. The number of carboxylic acids is 1. The highest BCUT2D eigenvalue weighted by atomic mass is 19.4. The number of rotatable bonds is 6. The van der Waals surface area contributed by atoms with Crippen LogP contribution in [-0.4, -0.2) is 33.6 Å². The molecule has 1 aromatic rings. The largest absolute Gasteiger partial charge is 0.481 e. The van der Waals surface area contributed by atoms with Crippen molar-refractivity contribution in [3.8, 4) is 0 Å². The van der Waals surface area contributed by atoms with E-state index >= 15 is 0 Å². The summed E-state index contributed by atoms with van der Waals surface area (Å²) >= 11 is 0. The molecule has 0 spiro atoms. The summed E-state index contributed by atoms with van der Waals surface area (Å²) in [5.74, 6) is -4.27. The highest BCUT2D eigenvalue weighted by Gasteiger charge is 2.44. The van der Waals surface area contributed by atoms with Gasteiger partial charge in [-0.15, -0.1) is 0 Å². The van der Waals surface area contributed by atoms with Crippen molar-refractivity contribution in [2.75, 3.05) is 6.54 Å². The fourth-order valence-electron chi connectivity index (χ4n) is 1.72. The van der Waals surface area contributed by atoms with Gasteiger partial charge < -0.3 is 10.4 Å². The van der Waals surface area contributed by atoms with Crippen LogP contribution < -0.4 is 5.32 Å². The predicted octanol–water partition coefficient (Wildman–Crippen LogP) is 1.34. The molecular formula is C11H16F3N3O2. The van der Waals surface area contributed by atoms with E-state index in [1.165, 1.54) is 0 Å². The van der Waals surface area contributed by atoms with Gasteiger partial charge in [0.05, 0.1) is 5.69 Å². The van der Waals surface area contributed by atoms with Crippen molar-refractivity contribution < 1.29 is 23.1 Å². The first kappa shape index (κ1) is 15.5. The number of nitrogens with one attached hydrogen (secondary N) is 1. The van der Waals surface area contributed by atoms with E-state index in [9.17, 15) is 18.0 Å². The second-order valence-electron chi connectivity index (χ2n) is 4.19. The van der Waals surface area contributed by atoms with Crippen LogP contribution in [-0.2, 0) is 24.8 Å². The van der Waals surface area contributed by atoms with Gasteiger partial charge in [-0.25, -0.2) is 0 Å². The highest BCUT2D eigenvalue weighted by molar-refractivity contribution is 5.71. The molecule has 0 aliphatic rings. The fraction of sp³-hybridized carbons (Fsp3) is 0.636. The van der Waals surface area contributed by atoms with Crippen LogP contribution in [0, 0.1) is 5.92 Å². The lowest BCUT2D eigenvalue weighted by Gasteiger charge is -2.16. The van der Waals surface area contributed by atoms with E-state index in [0.29, 0.717) is 6.42 Å². The molecule has 108 valence electrons. The topological polar surface area (TPSA) is 67.2 Å². The Morgan fingerprint density at radius 1 is 1.58 bits per heavy atom. The summed E-state index contributed by atoms with van der Waals surface area (Å²) in [7, 11) is 1.72. The zero-order valence-electron chi connectivity index (χ0n) is 10.7. The second-order valence-corrected chi connectivity index (χ2v) is 4.19. The Hall–Kier alpha value is -1.57. The van der Waals surface area contributed by atoms with Gasteiger partial charge in [-0.3, -0.25) is 9.48 Å². The standard InChI is InChI=1S/C11H16F3N3O2/c1-3-9-7(6-17(2)16-9)4-15-5-8(10(18)19)11(12,13)14/h6,8,15H,3-5H2,1-2H3,(H,18,19). The molecule has 1 unspecified atom stereocenters. The van der Waals surface area contributed by atoms with Crippen LogP contribution >= 0.6 is 0 Å². The Labute approximate surface area is 108 Å². The molecule has 0 aromatic carbocycles. The lowest BCUT2D eigenvalue weighted by atomic mass is 10.1. The van der Waals surface area contributed by atoms with Crippen molar-refractivity contribution in [2.24, 2.45) is 13.0 Å². The van der Waals surface area contributed by atoms with Gasteiger partial charge in [0, 0.05) is 31.9 Å². The molecule has 0 fully saturated rings. The minimum Gasteiger partial charge on any atom is -0.481 e. The molecule has 0 radical (unpaired) electrons. The molecule has 0 amide bonds. The van der Waals surface area contributed by atoms with Crippen molar-refractivity contribution >= 4 is 5.97 Å². The lowest BCUT2D eigenvalue weighted by molar-refractivity contribution is -0.192. The van der Waals surface area contributed by atoms with Crippen molar-refractivity contribution in [3.63, 3.8) is 0 Å². The molecule has 0 saturated carbocycles. The zero-order valence-corrected chi connectivity index (χ0v) is 10.7. The van der Waals surface area contributed by atoms with Crippen molar-refractivity contribution in [1.29, 1.82) is 0 Å². The minimum absolute atomic E-state index is 0.164. The maximum atomic E-state index is 12.4. The summed E-state index contributed by atoms with van der Waals surface area (Å²) in [5, 5.41) is 15.2. The Morgan fingerprint density at radius 2 is 2.21 bits per heavy atom. The number of nitrogens with zero attached hydrogens (tertiary/aromatic N) is 2. The summed E-state index contributed by atoms with van der Waals surface area (Å²) < 4.78 is 38.8. The maximum Gasteiger partial charge on any atom is 0.403 e. The summed E-state index contributed by atoms with van der Waals surface area (Å²) in [6, 6.07) is 0. The number of aryl methyl sites for hydroxylation is 2. The highest BCUT2D eigenvalue weighted by Crippen LogP contribution is 2.25. The van der Waals surface area contributed by atoms with Gasteiger partial charge in [0.25, 0.3) is 0 Å². The molecule has 1 aromatic heterocycles. The predicted molar refractivity (Wildman–Crippen MR) is 61.5 cm³/mol. The van der Waals surface area contributed by atoms with Crippen molar-refractivity contribution in [1.82, 2.24) is 15.1 Å². The van der Waals surface area contributed by atoms with Gasteiger partial charge in [-0.05, 0) is 6.42 Å². The van der Waals surface area contributed by atoms with Crippen LogP contribution in [0.2, 0.25) is 0 Å². The summed E-state index contributed by atoms with van der Waals surface area (Å²) in [6.07, 6.45) is -2.38. The van der Waals surface area contributed by atoms with Crippen LogP contribution in [0.25, 0.3) is 0 Å². The van der Waals surface area contributed by atoms with Crippen LogP contribution in [0.5, 0.6) is 0 Å². The molecule has 0 aliphatic heterocycles. The third-order valence-electron chi connectivity index (χ3n) is 2.68. The molecule has 8 heteroatoms. The van der Waals surface area contributed by atoms with Gasteiger partial charge in [-0.1, -0.05) is 6.92 Å². The van der Waals surface area contributed by atoms with E-state index in [-0.39, 0.29) is 6.54 Å². The Kier molecular flexibility index (Phi) is 4.93. The number of carboxylic acid groups (broad SMARTS) is 1. The van der Waals surface area contributed by atoms with Gasteiger partial charge in [0.15, 0.2) is 5.92 Å². The maximum absolute atomic E-state index is 12.4. The molecule has 19 heavy (non-hydrogen) atoms. The summed E-state index contributed by atoms with van der Waals surface area (Å²) in [5.41, 5.74) is 1.56. The van der Waals surface area contributed by atoms with Crippen LogP contribution in [0.15, 0.2) is 6.20 Å². The number of aliphatic carboxylic acids is 1. The van der Waals surface area contributed by atoms with Gasteiger partial charge in [0.1, 0.15) is 0 Å². The zero-order chi connectivity index (χ0) is 14.6. The van der Waals surface area contributed by atoms with Crippen molar-refractivity contribution in [3.05, 3.63) is 17.5 Å².